The van der Waals surface area contributed by atoms with Crippen LogP contribution in [0.2, 0.25) is 0 Å². The van der Waals surface area contributed by atoms with Gasteiger partial charge in [-0.3, -0.25) is 0 Å². The van der Waals surface area contributed by atoms with Crippen molar-refractivity contribution in [1.29, 1.82) is 0 Å². The van der Waals surface area contributed by atoms with Crippen molar-refractivity contribution in [3.63, 3.8) is 0 Å². The topological polar surface area (TPSA) is 0 Å². The van der Waals surface area contributed by atoms with Gasteiger partial charge in [0.2, 0.25) is 4.86 Å². The molecule has 0 aromatic carbocycles. The normalized spacial score (nSPS) is 12.4. The fraction of sp³-hybridized carbons (Fsp3) is 0.750. The fourth-order valence-corrected chi connectivity index (χ4v) is 2.61. The SMILES string of the molecule is C=C(C)CC(C)(C)CP[B]I. The third kappa shape index (κ3) is 7.33. The van der Waals surface area contributed by atoms with E-state index in [4.69, 9.17) is 0 Å². The lowest BCUT2D eigenvalue weighted by Crippen LogP contribution is -2.14. The average molecular weight is 281 g/mol. The maximum absolute atomic E-state index is 3.94. The van der Waals surface area contributed by atoms with Crippen molar-refractivity contribution >= 4 is 35.7 Å². The maximum Gasteiger partial charge on any atom is 0.230 e. The summed E-state index contributed by atoms with van der Waals surface area (Å²) in [6.45, 7) is 10.7. The van der Waals surface area contributed by atoms with E-state index < -0.39 is 0 Å². The summed E-state index contributed by atoms with van der Waals surface area (Å²) in [5.41, 5.74) is 1.75. The number of allylic oxidation sites excluding steroid dienone is 1. The molecule has 0 aliphatic carbocycles. The largest absolute Gasteiger partial charge is 0.230 e. The van der Waals surface area contributed by atoms with Gasteiger partial charge in [0.1, 0.15) is 0 Å². The van der Waals surface area contributed by atoms with Crippen molar-refractivity contribution in [3.8, 4) is 0 Å². The van der Waals surface area contributed by atoms with E-state index in [-0.39, 0.29) is 0 Å². The Bertz CT molecular complexity index is 134. The molecule has 0 rings (SSSR count). The van der Waals surface area contributed by atoms with Crippen molar-refractivity contribution in [2.45, 2.75) is 27.2 Å². The van der Waals surface area contributed by atoms with Crippen LogP contribution in [0.1, 0.15) is 27.2 Å². The van der Waals surface area contributed by atoms with Crippen LogP contribution in [0.3, 0.4) is 0 Å². The summed E-state index contributed by atoms with van der Waals surface area (Å²) in [6, 6.07) is 0. The molecule has 1 atom stereocenters. The molecule has 3 heteroatoms. The van der Waals surface area contributed by atoms with Crippen LogP contribution in [-0.2, 0) is 0 Å². The fourth-order valence-electron chi connectivity index (χ4n) is 1.19. The molecule has 0 amide bonds. The highest BCUT2D eigenvalue weighted by atomic mass is 127. The molecule has 1 radical (unpaired) electrons. The Morgan fingerprint density at radius 3 is 2.55 bits per heavy atom. The van der Waals surface area contributed by atoms with Crippen LogP contribution in [0.4, 0.5) is 0 Å². The molecule has 11 heavy (non-hydrogen) atoms. The molecule has 0 aromatic rings. The van der Waals surface area contributed by atoms with E-state index >= 15 is 0 Å². The summed E-state index contributed by atoms with van der Waals surface area (Å²) >= 11 is 2.33. The molecule has 0 saturated carbocycles. The van der Waals surface area contributed by atoms with Gasteiger partial charge in [0.15, 0.2) is 0 Å². The van der Waals surface area contributed by atoms with Gasteiger partial charge in [0.25, 0.3) is 0 Å². The molecular weight excluding hydrogens is 265 g/mol. The minimum atomic E-state index is 0.450. The van der Waals surface area contributed by atoms with E-state index in [0.717, 1.165) is 14.9 Å². The summed E-state index contributed by atoms with van der Waals surface area (Å²) in [7, 11) is 0.986. The van der Waals surface area contributed by atoms with Crippen molar-refractivity contribution in [2.24, 2.45) is 5.41 Å². The van der Waals surface area contributed by atoms with Gasteiger partial charge < -0.3 is 0 Å². The lowest BCUT2D eigenvalue weighted by molar-refractivity contribution is 0.420. The second-order valence-electron chi connectivity index (χ2n) is 3.79. The van der Waals surface area contributed by atoms with Gasteiger partial charge in [-0.25, -0.2) is 0 Å². The van der Waals surface area contributed by atoms with Gasteiger partial charge in [-0.15, -0.1) is 15.0 Å². The highest BCUT2D eigenvalue weighted by Crippen LogP contribution is 2.31. The summed E-state index contributed by atoms with van der Waals surface area (Å²) < 4.78 is 0. The van der Waals surface area contributed by atoms with Gasteiger partial charge in [-0.1, -0.05) is 19.4 Å². The highest BCUT2D eigenvalue weighted by molar-refractivity contribution is 14.1. The smallest absolute Gasteiger partial charge is 0.152 e. The van der Waals surface area contributed by atoms with Crippen molar-refractivity contribution in [1.82, 2.24) is 0 Å². The number of hydrogen-bond donors (Lipinski definition) is 0. The Balaban J connectivity index is 3.70. The Morgan fingerprint density at radius 1 is 1.64 bits per heavy atom. The molecule has 0 heterocycles. The number of halogens is 1. The van der Waals surface area contributed by atoms with E-state index in [1.54, 1.807) is 0 Å². The van der Waals surface area contributed by atoms with Gasteiger partial charge in [0, 0.05) is 0 Å². The first kappa shape index (κ1) is 12.0. The molecule has 63 valence electrons. The molecule has 0 spiro atoms. The highest BCUT2D eigenvalue weighted by Gasteiger charge is 2.16. The van der Waals surface area contributed by atoms with Crippen LogP contribution in [-0.4, -0.2) is 11.0 Å². The van der Waals surface area contributed by atoms with E-state index in [1.807, 2.05) is 0 Å². The van der Waals surface area contributed by atoms with Gasteiger partial charge in [-0.2, -0.15) is 22.4 Å². The molecule has 0 bridgehead atoms. The second kappa shape index (κ2) is 5.58. The van der Waals surface area contributed by atoms with Gasteiger partial charge in [-0.05, 0) is 24.9 Å². The predicted octanol–water partition coefficient (Wildman–Crippen LogP) is 3.63. The second-order valence-corrected chi connectivity index (χ2v) is 6.64. The van der Waals surface area contributed by atoms with Crippen molar-refractivity contribution in [3.05, 3.63) is 12.2 Å². The van der Waals surface area contributed by atoms with E-state index in [9.17, 15) is 0 Å². The quantitative estimate of drug-likeness (QED) is 0.312. The summed E-state index contributed by atoms with van der Waals surface area (Å²) in [5.74, 6) is 0. The molecule has 1 unspecified atom stereocenters. The molecule has 0 fully saturated rings. The Hall–Kier alpha value is 0.965. The lowest BCUT2D eigenvalue weighted by atomic mass is 9.89. The average Bonchev–Trinajstić information content (AvgIpc) is 1.81. The first-order chi connectivity index (χ1) is 4.98. The third-order valence-corrected chi connectivity index (χ3v) is 4.07. The van der Waals surface area contributed by atoms with E-state index in [2.05, 4.69) is 54.6 Å². The Kier molecular flexibility index (Phi) is 6.07. The Labute approximate surface area is 86.5 Å². The predicted molar refractivity (Wildman–Crippen MR) is 66.2 cm³/mol. The zero-order chi connectivity index (χ0) is 8.91. The summed E-state index contributed by atoms with van der Waals surface area (Å²) in [5, 5.41) is 0. The summed E-state index contributed by atoms with van der Waals surface area (Å²) in [6.07, 6.45) is 2.45. The molecule has 0 saturated heterocycles. The molecule has 0 aromatic heterocycles. The molecule has 0 N–H and O–H groups in total. The van der Waals surface area contributed by atoms with Crippen LogP contribution in [0.25, 0.3) is 0 Å². The summed E-state index contributed by atoms with van der Waals surface area (Å²) in [4.78, 5) is 2.23. The molecular formula is C8H16BIP. The van der Waals surface area contributed by atoms with E-state index in [1.165, 1.54) is 11.7 Å². The maximum atomic E-state index is 3.94. The standard InChI is InChI=1S/C8H16BIP/c1-7(2)5-8(3,4)6-11-9-10/h11H,1,5-6H2,2-4H3. The van der Waals surface area contributed by atoms with Crippen LogP contribution >= 0.6 is 30.8 Å². The van der Waals surface area contributed by atoms with Gasteiger partial charge >= 0.3 is 0 Å². The van der Waals surface area contributed by atoms with Crippen LogP contribution in [0.5, 0.6) is 0 Å². The van der Waals surface area contributed by atoms with Crippen LogP contribution in [0.15, 0.2) is 12.2 Å². The van der Waals surface area contributed by atoms with Crippen molar-refractivity contribution in [2.75, 3.05) is 6.16 Å². The molecule has 0 nitrogen and oxygen atoms in total. The van der Waals surface area contributed by atoms with Crippen LogP contribution in [0, 0.1) is 5.41 Å². The zero-order valence-corrected chi connectivity index (χ0v) is 10.7. The molecule has 0 aliphatic rings. The third-order valence-electron chi connectivity index (χ3n) is 1.44. The lowest BCUT2D eigenvalue weighted by Gasteiger charge is -2.24. The molecule has 0 aliphatic heterocycles. The number of hydrogen-bond acceptors (Lipinski definition) is 0. The zero-order valence-electron chi connectivity index (χ0n) is 7.58. The minimum absolute atomic E-state index is 0.450. The first-order valence-electron chi connectivity index (χ1n) is 3.77. The Morgan fingerprint density at radius 2 is 2.18 bits per heavy atom. The van der Waals surface area contributed by atoms with E-state index in [0.29, 0.717) is 5.41 Å². The van der Waals surface area contributed by atoms with Crippen molar-refractivity contribution < 1.29 is 0 Å². The first-order valence-corrected chi connectivity index (χ1v) is 6.30. The van der Waals surface area contributed by atoms with Crippen LogP contribution < -0.4 is 0 Å². The number of rotatable bonds is 5. The minimum Gasteiger partial charge on any atom is -0.152 e. The van der Waals surface area contributed by atoms with Gasteiger partial charge in [0.05, 0.1) is 0 Å². The monoisotopic (exact) mass is 281 g/mol.